The van der Waals surface area contributed by atoms with Gasteiger partial charge in [-0.05, 0) is 182 Å². The van der Waals surface area contributed by atoms with Crippen molar-refractivity contribution in [2.45, 2.75) is 57.8 Å². The lowest BCUT2D eigenvalue weighted by Gasteiger charge is -2.32. The second kappa shape index (κ2) is 19.0. The topological polar surface area (TPSA) is 37.7 Å². The lowest BCUT2D eigenvalue weighted by Crippen LogP contribution is -2.24. The molecule has 0 fully saturated rings. The third kappa shape index (κ3) is 7.13. The molecule has 3 aliphatic carbocycles. The van der Waals surface area contributed by atoms with Crippen molar-refractivity contribution in [1.29, 1.82) is 0 Å². The van der Waals surface area contributed by atoms with Crippen LogP contribution >= 0.6 is 0 Å². The normalized spacial score (nSPS) is 14.5. The summed E-state index contributed by atoms with van der Waals surface area (Å²) in [7, 11) is 0. The number of fused-ring (bicyclic) bond motifs is 22. The van der Waals surface area contributed by atoms with Crippen molar-refractivity contribution < 1.29 is 8.83 Å². The minimum Gasteiger partial charge on any atom is -0.455 e. The highest BCUT2D eigenvalue weighted by Gasteiger charge is 2.49. The van der Waals surface area contributed by atoms with E-state index >= 15 is 0 Å². The molecule has 3 aromatic heterocycles. The predicted octanol–water partition coefficient (Wildman–Crippen LogP) is 24.1. The number of anilines is 6. The van der Waals surface area contributed by atoms with Crippen LogP contribution < -0.4 is 9.80 Å². The van der Waals surface area contributed by atoms with Crippen LogP contribution in [0.3, 0.4) is 0 Å². The molecule has 0 radical (unpaired) electrons. The van der Waals surface area contributed by atoms with E-state index in [2.05, 4.69) is 329 Å². The van der Waals surface area contributed by atoms with Crippen molar-refractivity contribution in [2.75, 3.05) is 9.80 Å². The largest absolute Gasteiger partial charge is 0.455 e. The zero-order valence-electron chi connectivity index (χ0n) is 52.1. The van der Waals surface area contributed by atoms with Crippen LogP contribution in [0.15, 0.2) is 282 Å². The Bertz CT molecular complexity index is 5740. The van der Waals surface area contributed by atoms with Gasteiger partial charge < -0.3 is 23.2 Å². The van der Waals surface area contributed by atoms with Gasteiger partial charge in [0.1, 0.15) is 22.3 Å². The van der Waals surface area contributed by atoms with E-state index in [1.165, 1.54) is 88.4 Å². The summed E-state index contributed by atoms with van der Waals surface area (Å²) in [5.74, 6) is 0. The van der Waals surface area contributed by atoms with Crippen molar-refractivity contribution >= 4 is 99.8 Å². The molecule has 16 aromatic rings. The highest BCUT2D eigenvalue weighted by atomic mass is 16.3. The lowest BCUT2D eigenvalue weighted by molar-refractivity contribution is 0.600. The first-order chi connectivity index (χ1) is 44.9. The van der Waals surface area contributed by atoms with Gasteiger partial charge in [-0.25, -0.2) is 0 Å². The molecular weight excluding hydrogens is 1120 g/mol. The Kier molecular flexibility index (Phi) is 10.9. The van der Waals surface area contributed by atoms with Gasteiger partial charge in [-0.15, -0.1) is 0 Å². The van der Waals surface area contributed by atoms with E-state index in [9.17, 15) is 0 Å². The molecule has 0 saturated heterocycles. The quantitative estimate of drug-likeness (QED) is 0.152. The molecule has 438 valence electrons. The molecule has 0 atom stereocenters. The second-order valence-corrected chi connectivity index (χ2v) is 27.1. The highest BCUT2D eigenvalue weighted by Crippen LogP contribution is 2.64. The van der Waals surface area contributed by atoms with Crippen LogP contribution in [0.1, 0.15) is 74.9 Å². The van der Waals surface area contributed by atoms with Gasteiger partial charge in [0.2, 0.25) is 0 Å². The van der Waals surface area contributed by atoms with E-state index in [4.69, 9.17) is 8.83 Å². The average Bonchev–Trinajstić information content (AvgIpc) is 1.51. The summed E-state index contributed by atoms with van der Waals surface area (Å²) in [6, 6.07) is 100. The summed E-state index contributed by atoms with van der Waals surface area (Å²) in [5, 5.41) is 7.05. The smallest absolute Gasteiger partial charge is 0.144 e. The number of benzene rings is 13. The maximum atomic E-state index is 7.20. The molecule has 0 aliphatic heterocycles. The second-order valence-electron chi connectivity index (χ2n) is 27.1. The molecule has 92 heavy (non-hydrogen) atoms. The molecule has 0 spiro atoms. The van der Waals surface area contributed by atoms with Gasteiger partial charge >= 0.3 is 0 Å². The molecule has 0 bridgehead atoms. The number of hydrogen-bond acceptors (Lipinski definition) is 4. The summed E-state index contributed by atoms with van der Waals surface area (Å²) in [6.07, 6.45) is 0. The number of rotatable bonds is 8. The predicted molar refractivity (Wildman–Crippen MR) is 383 cm³/mol. The maximum Gasteiger partial charge on any atom is 0.144 e. The van der Waals surface area contributed by atoms with Gasteiger partial charge in [0.15, 0.2) is 0 Å². The van der Waals surface area contributed by atoms with Crippen molar-refractivity contribution in [1.82, 2.24) is 4.57 Å². The van der Waals surface area contributed by atoms with Gasteiger partial charge in [-0.3, -0.25) is 0 Å². The first kappa shape index (κ1) is 52.8. The lowest BCUT2D eigenvalue weighted by atomic mass is 9.72. The van der Waals surface area contributed by atoms with Crippen LogP contribution in [0.4, 0.5) is 34.1 Å². The van der Waals surface area contributed by atoms with E-state index in [0.29, 0.717) is 0 Å². The fraction of sp³-hybridized carbons (Fsp3) is 0.103. The summed E-state index contributed by atoms with van der Waals surface area (Å²) in [6.45, 7) is 14.6. The third-order valence-corrected chi connectivity index (χ3v) is 21.1. The Balaban J connectivity index is 0.822. The fourth-order valence-corrected chi connectivity index (χ4v) is 17.0. The van der Waals surface area contributed by atoms with Gasteiger partial charge in [0.25, 0.3) is 0 Å². The fourth-order valence-electron chi connectivity index (χ4n) is 17.0. The molecule has 0 unspecified atom stereocenters. The van der Waals surface area contributed by atoms with Crippen LogP contribution in [0.5, 0.6) is 0 Å². The van der Waals surface area contributed by atoms with E-state index in [0.717, 1.165) is 94.9 Å². The number of hydrogen-bond donors (Lipinski definition) is 0. The van der Waals surface area contributed by atoms with E-state index in [1.54, 1.807) is 0 Å². The summed E-state index contributed by atoms with van der Waals surface area (Å²) in [5.41, 5.74) is 30.3. The SMILES string of the molecule is CC1(C)c2cc(N(c3ccc(N(c4ccccc4)c4ccccc4)cc3)c3ccc4c(c3)C(C)(C)c3c5c(c6oc7ccccc7c6c3-4)-c3ccccc3C5(C)C)ccc2-c2c1cc(-c1cccc3c1c1ccccc1n3-c1ccccc1)c1oc3ccccc3c21. The molecule has 19 rings (SSSR count). The Morgan fingerprint density at radius 3 is 1.38 bits per heavy atom. The zero-order valence-corrected chi connectivity index (χ0v) is 52.1. The standard InChI is InChI=1S/C87H63N3O2/c1-85(2)68-49-57(45-47-61(68)76-70(85)51-66(83-78(76)64-33-18-22-39-73(64)91-83)59-35-24-38-72-75(59)63-32-17-21-37-71(63)90(72)54-29-14-9-15-30-54)89(56-43-41-55(42-44-56)88(52-25-10-7-11-26-52)53-27-12-8-13-28-53)58-46-48-62-69(50-58)87(5,6)81-77(62)79-65-34-19-23-40-74(65)92-84(79)80-60-31-16-20-36-67(60)86(3,4)82(80)81/h7-51H,1-6H3. The Morgan fingerprint density at radius 2 is 0.728 bits per heavy atom. The Labute approximate surface area is 534 Å². The van der Waals surface area contributed by atoms with Crippen molar-refractivity contribution in [2.24, 2.45) is 0 Å². The highest BCUT2D eigenvalue weighted by molar-refractivity contribution is 6.24. The number of aromatic nitrogens is 1. The van der Waals surface area contributed by atoms with Crippen LogP contribution in [0.25, 0.3) is 116 Å². The summed E-state index contributed by atoms with van der Waals surface area (Å²) < 4.78 is 16.7. The van der Waals surface area contributed by atoms with E-state index in [1.807, 2.05) is 0 Å². The van der Waals surface area contributed by atoms with E-state index < -0.39 is 10.8 Å². The Hall–Kier alpha value is -11.1. The molecule has 13 aromatic carbocycles. The van der Waals surface area contributed by atoms with Gasteiger partial charge in [0.05, 0.1) is 11.0 Å². The number of para-hydroxylation sites is 6. The molecular formula is C87H63N3O2. The molecule has 0 amide bonds. The van der Waals surface area contributed by atoms with Crippen LogP contribution in [0.2, 0.25) is 0 Å². The minimum absolute atomic E-state index is 0.271. The average molecular weight is 1180 g/mol. The Morgan fingerprint density at radius 1 is 0.283 bits per heavy atom. The molecule has 0 N–H and O–H groups in total. The molecule has 0 saturated carbocycles. The summed E-state index contributed by atoms with van der Waals surface area (Å²) >= 11 is 0. The number of nitrogens with zero attached hydrogens (tertiary/aromatic N) is 3. The van der Waals surface area contributed by atoms with Gasteiger partial charge in [0, 0.05) is 99.5 Å². The molecule has 5 nitrogen and oxygen atoms in total. The number of furan rings is 2. The minimum atomic E-state index is -0.430. The first-order valence-corrected chi connectivity index (χ1v) is 32.2. The zero-order chi connectivity index (χ0) is 61.5. The van der Waals surface area contributed by atoms with Crippen LogP contribution in [0, 0.1) is 0 Å². The molecule has 5 heteroatoms. The van der Waals surface area contributed by atoms with Crippen molar-refractivity contribution in [3.8, 4) is 50.2 Å². The van der Waals surface area contributed by atoms with Crippen molar-refractivity contribution in [3.05, 3.63) is 306 Å². The molecule has 3 aliphatic rings. The third-order valence-electron chi connectivity index (χ3n) is 21.1. The summed E-state index contributed by atoms with van der Waals surface area (Å²) in [4.78, 5) is 4.84. The molecule has 3 heterocycles. The maximum absolute atomic E-state index is 7.20. The van der Waals surface area contributed by atoms with E-state index in [-0.39, 0.29) is 5.41 Å². The van der Waals surface area contributed by atoms with Crippen LogP contribution in [-0.2, 0) is 16.2 Å². The van der Waals surface area contributed by atoms with Gasteiger partial charge in [-0.2, -0.15) is 0 Å². The monoisotopic (exact) mass is 1180 g/mol. The van der Waals surface area contributed by atoms with Crippen molar-refractivity contribution in [3.63, 3.8) is 0 Å². The van der Waals surface area contributed by atoms with Crippen LogP contribution in [-0.4, -0.2) is 4.57 Å². The first-order valence-electron chi connectivity index (χ1n) is 32.2. The van der Waals surface area contributed by atoms with Gasteiger partial charge in [-0.1, -0.05) is 199 Å².